The molecule has 1 aromatic heterocycles. The first kappa shape index (κ1) is 13.2. The Labute approximate surface area is 107 Å². The van der Waals surface area contributed by atoms with Gasteiger partial charge in [0.15, 0.2) is 0 Å². The van der Waals surface area contributed by atoms with Crippen LogP contribution >= 0.6 is 23.7 Å². The zero-order chi connectivity index (χ0) is 10.5. The third-order valence-electron chi connectivity index (χ3n) is 2.42. The van der Waals surface area contributed by atoms with E-state index in [1.165, 1.54) is 11.1 Å². The maximum atomic E-state index is 6.10. The largest absolute Gasteiger partial charge is 0.327 e. The number of benzene rings is 1. The maximum Gasteiger partial charge on any atom is 0.0120 e. The molecule has 1 unspecified atom stereocenters. The number of thiophene rings is 1. The Morgan fingerprint density at radius 3 is 2.31 bits per heavy atom. The van der Waals surface area contributed by atoms with Gasteiger partial charge in [0.1, 0.15) is 0 Å². The van der Waals surface area contributed by atoms with Gasteiger partial charge in [0.25, 0.3) is 0 Å². The molecule has 0 spiro atoms. The lowest BCUT2D eigenvalue weighted by Gasteiger charge is -2.10. The summed E-state index contributed by atoms with van der Waals surface area (Å²) in [6.07, 6.45) is 1.93. The number of rotatable bonds is 4. The van der Waals surface area contributed by atoms with Crippen LogP contribution < -0.4 is 5.73 Å². The van der Waals surface area contributed by atoms with Gasteiger partial charge in [-0.2, -0.15) is 11.3 Å². The smallest absolute Gasteiger partial charge is 0.0120 e. The summed E-state index contributed by atoms with van der Waals surface area (Å²) in [4.78, 5) is 0. The molecule has 0 fully saturated rings. The first-order valence-corrected chi connectivity index (χ1v) is 6.09. The number of hydrogen-bond acceptors (Lipinski definition) is 2. The van der Waals surface area contributed by atoms with Crippen molar-refractivity contribution in [3.05, 3.63) is 58.3 Å². The second kappa shape index (κ2) is 6.69. The van der Waals surface area contributed by atoms with Gasteiger partial charge in [0.2, 0.25) is 0 Å². The molecule has 86 valence electrons. The van der Waals surface area contributed by atoms with Crippen LogP contribution in [0.25, 0.3) is 0 Å². The summed E-state index contributed by atoms with van der Waals surface area (Å²) < 4.78 is 0. The van der Waals surface area contributed by atoms with Gasteiger partial charge in [-0.3, -0.25) is 0 Å². The van der Waals surface area contributed by atoms with E-state index in [-0.39, 0.29) is 18.4 Å². The van der Waals surface area contributed by atoms with Crippen LogP contribution in [0.5, 0.6) is 0 Å². The number of nitrogens with two attached hydrogens (primary N) is 1. The van der Waals surface area contributed by atoms with Crippen molar-refractivity contribution in [1.82, 2.24) is 0 Å². The molecule has 0 aliphatic rings. The zero-order valence-electron chi connectivity index (χ0n) is 9.00. The van der Waals surface area contributed by atoms with Crippen LogP contribution in [-0.4, -0.2) is 6.04 Å². The van der Waals surface area contributed by atoms with Crippen LogP contribution in [0.15, 0.2) is 47.2 Å². The third kappa shape index (κ3) is 3.97. The van der Waals surface area contributed by atoms with E-state index in [4.69, 9.17) is 5.73 Å². The summed E-state index contributed by atoms with van der Waals surface area (Å²) >= 11 is 1.73. The van der Waals surface area contributed by atoms with E-state index in [9.17, 15) is 0 Å². The fourth-order valence-corrected chi connectivity index (χ4v) is 2.38. The summed E-state index contributed by atoms with van der Waals surface area (Å²) in [5.74, 6) is 0. The highest BCUT2D eigenvalue weighted by Gasteiger charge is 2.05. The minimum Gasteiger partial charge on any atom is -0.327 e. The Kier molecular flexibility index (Phi) is 5.53. The van der Waals surface area contributed by atoms with Crippen LogP contribution in [0.1, 0.15) is 11.1 Å². The zero-order valence-corrected chi connectivity index (χ0v) is 10.6. The molecule has 0 amide bonds. The molecular formula is C13H16ClNS. The van der Waals surface area contributed by atoms with Crippen molar-refractivity contribution in [2.24, 2.45) is 5.73 Å². The standard InChI is InChI=1S/C13H15NS.ClH/c14-13(9-12-6-7-15-10-12)8-11-4-2-1-3-5-11;/h1-7,10,13H,8-9,14H2;1H. The molecule has 2 N–H and O–H groups in total. The highest BCUT2D eigenvalue weighted by Crippen LogP contribution is 2.10. The van der Waals surface area contributed by atoms with Gasteiger partial charge >= 0.3 is 0 Å². The van der Waals surface area contributed by atoms with E-state index in [1.54, 1.807) is 11.3 Å². The molecule has 2 aromatic rings. The van der Waals surface area contributed by atoms with Crippen LogP contribution in [0.2, 0.25) is 0 Å². The fourth-order valence-electron chi connectivity index (χ4n) is 1.70. The van der Waals surface area contributed by atoms with Crippen LogP contribution in [0, 0.1) is 0 Å². The Morgan fingerprint density at radius 2 is 1.69 bits per heavy atom. The molecular weight excluding hydrogens is 238 g/mol. The van der Waals surface area contributed by atoms with E-state index in [0.29, 0.717) is 0 Å². The molecule has 1 aromatic carbocycles. The lowest BCUT2D eigenvalue weighted by molar-refractivity contribution is 0.666. The van der Waals surface area contributed by atoms with Crippen molar-refractivity contribution in [2.75, 3.05) is 0 Å². The molecule has 0 saturated heterocycles. The topological polar surface area (TPSA) is 26.0 Å². The molecule has 0 bridgehead atoms. The monoisotopic (exact) mass is 253 g/mol. The lowest BCUT2D eigenvalue weighted by atomic mass is 10.0. The predicted octanol–water partition coefficient (Wildman–Crippen LogP) is 3.28. The Bertz CT molecular complexity index is 386. The fraction of sp³-hybridized carbons (Fsp3) is 0.231. The molecule has 0 saturated carbocycles. The normalized spacial score (nSPS) is 11.8. The van der Waals surface area contributed by atoms with Crippen molar-refractivity contribution in [2.45, 2.75) is 18.9 Å². The Hall–Kier alpha value is -0.830. The summed E-state index contributed by atoms with van der Waals surface area (Å²) in [5.41, 5.74) is 8.77. The molecule has 1 atom stereocenters. The van der Waals surface area contributed by atoms with Crippen LogP contribution in [0.3, 0.4) is 0 Å². The van der Waals surface area contributed by atoms with E-state index in [1.807, 2.05) is 6.07 Å². The summed E-state index contributed by atoms with van der Waals surface area (Å²) in [7, 11) is 0. The van der Waals surface area contributed by atoms with Crippen molar-refractivity contribution < 1.29 is 0 Å². The van der Waals surface area contributed by atoms with Crippen molar-refractivity contribution in [3.63, 3.8) is 0 Å². The Morgan fingerprint density at radius 1 is 1.00 bits per heavy atom. The van der Waals surface area contributed by atoms with Gasteiger partial charge < -0.3 is 5.73 Å². The summed E-state index contributed by atoms with van der Waals surface area (Å²) in [6, 6.07) is 12.8. The second-order valence-corrected chi connectivity index (χ2v) is 4.57. The van der Waals surface area contributed by atoms with Crippen LogP contribution in [-0.2, 0) is 12.8 Å². The number of hydrogen-bond donors (Lipinski definition) is 1. The van der Waals surface area contributed by atoms with Gasteiger partial charge in [0, 0.05) is 6.04 Å². The Balaban J connectivity index is 0.00000128. The van der Waals surface area contributed by atoms with Gasteiger partial charge in [-0.1, -0.05) is 30.3 Å². The summed E-state index contributed by atoms with van der Waals surface area (Å²) in [6.45, 7) is 0. The number of halogens is 1. The minimum absolute atomic E-state index is 0. The van der Waals surface area contributed by atoms with E-state index < -0.39 is 0 Å². The third-order valence-corrected chi connectivity index (χ3v) is 3.15. The van der Waals surface area contributed by atoms with Gasteiger partial charge in [-0.15, -0.1) is 12.4 Å². The van der Waals surface area contributed by atoms with Crippen LogP contribution in [0.4, 0.5) is 0 Å². The van der Waals surface area contributed by atoms with E-state index in [2.05, 4.69) is 41.1 Å². The molecule has 16 heavy (non-hydrogen) atoms. The summed E-state index contributed by atoms with van der Waals surface area (Å²) in [5, 5.41) is 4.27. The minimum atomic E-state index is 0. The van der Waals surface area contributed by atoms with Gasteiger partial charge in [-0.05, 0) is 40.8 Å². The molecule has 2 rings (SSSR count). The molecule has 0 aliphatic heterocycles. The average Bonchev–Trinajstić information content (AvgIpc) is 2.71. The first-order chi connectivity index (χ1) is 7.34. The molecule has 1 nitrogen and oxygen atoms in total. The maximum absolute atomic E-state index is 6.10. The molecule has 1 heterocycles. The first-order valence-electron chi connectivity index (χ1n) is 5.15. The lowest BCUT2D eigenvalue weighted by Crippen LogP contribution is -2.25. The predicted molar refractivity (Wildman–Crippen MR) is 73.4 cm³/mol. The average molecular weight is 254 g/mol. The molecule has 3 heteroatoms. The van der Waals surface area contributed by atoms with Crippen molar-refractivity contribution >= 4 is 23.7 Å². The van der Waals surface area contributed by atoms with Crippen molar-refractivity contribution in [3.8, 4) is 0 Å². The van der Waals surface area contributed by atoms with E-state index in [0.717, 1.165) is 12.8 Å². The molecule has 0 aliphatic carbocycles. The molecule has 0 radical (unpaired) electrons. The SMILES string of the molecule is Cl.NC(Cc1ccccc1)Cc1ccsc1. The van der Waals surface area contributed by atoms with E-state index >= 15 is 0 Å². The highest BCUT2D eigenvalue weighted by molar-refractivity contribution is 7.07. The van der Waals surface area contributed by atoms with Gasteiger partial charge in [0.05, 0.1) is 0 Å². The van der Waals surface area contributed by atoms with Crippen molar-refractivity contribution in [1.29, 1.82) is 0 Å². The highest BCUT2D eigenvalue weighted by atomic mass is 35.5. The quantitative estimate of drug-likeness (QED) is 0.889. The second-order valence-electron chi connectivity index (χ2n) is 3.79. The van der Waals surface area contributed by atoms with Gasteiger partial charge in [-0.25, -0.2) is 0 Å².